The zero-order valence-corrected chi connectivity index (χ0v) is 18.8. The zero-order chi connectivity index (χ0) is 22.6. The fourth-order valence-corrected chi connectivity index (χ4v) is 7.73. The number of fused-ring (bicyclic) bond motifs is 5. The van der Waals surface area contributed by atoms with Crippen LogP contribution >= 0.6 is 0 Å². The molecule has 2 unspecified atom stereocenters. The maximum Gasteiger partial charge on any atom is 0.352 e. The van der Waals surface area contributed by atoms with Gasteiger partial charge in [0.15, 0.2) is 0 Å². The van der Waals surface area contributed by atoms with Crippen molar-refractivity contribution in [1.82, 2.24) is 0 Å². The number of carboxylic acids is 1. The second kappa shape index (κ2) is 7.73. The van der Waals surface area contributed by atoms with Gasteiger partial charge >= 0.3 is 11.9 Å². The van der Waals surface area contributed by atoms with Crippen LogP contribution in [0.4, 0.5) is 0 Å². The Morgan fingerprint density at radius 2 is 1.97 bits per heavy atom. The highest BCUT2D eigenvalue weighted by Gasteiger charge is 2.64. The molecule has 2 saturated carbocycles. The van der Waals surface area contributed by atoms with E-state index in [1.165, 1.54) is 5.57 Å². The lowest BCUT2D eigenvalue weighted by Crippen LogP contribution is -2.61. The lowest BCUT2D eigenvalue weighted by Gasteiger charge is -2.57. The average Bonchev–Trinajstić information content (AvgIpc) is 3.09. The second-order valence-corrected chi connectivity index (χ2v) is 10.6. The second-order valence-electron chi connectivity index (χ2n) is 10.6. The van der Waals surface area contributed by atoms with Crippen LogP contribution in [-0.2, 0) is 14.3 Å². The quantitative estimate of drug-likeness (QED) is 0.454. The van der Waals surface area contributed by atoms with Crippen molar-refractivity contribution in [2.45, 2.75) is 77.4 Å². The molecule has 4 aliphatic rings. The van der Waals surface area contributed by atoms with E-state index in [-0.39, 0.29) is 17.4 Å². The molecule has 0 aromatic carbocycles. The standard InChI is InChI=1S/C25H36O6/c1-4-31-22(29)25(30,21(27)28)20(26)19-11-10-17-16-9-8-15-7-5-6-13-23(15,2)18(16)12-14-24(17,19)3/h5,7-8,16-20,26,30H,4,6,9-14H2,1-3H3,(H,27,28)/t16-,17-,18-,19+,20?,23-,24-,25?/m0/s1. The molecule has 0 radical (unpaired) electrons. The van der Waals surface area contributed by atoms with E-state index in [0.29, 0.717) is 24.2 Å². The molecule has 2 fully saturated rings. The number of aliphatic carboxylic acids is 1. The number of allylic oxidation sites excluding steroid dienone is 4. The Hall–Kier alpha value is -1.66. The summed E-state index contributed by atoms with van der Waals surface area (Å²) in [4.78, 5) is 24.3. The molecule has 0 aromatic rings. The molecule has 8 atom stereocenters. The van der Waals surface area contributed by atoms with Crippen LogP contribution in [0.2, 0.25) is 0 Å². The van der Waals surface area contributed by atoms with Gasteiger partial charge in [-0.15, -0.1) is 0 Å². The number of carbonyl (C=O) groups excluding carboxylic acids is 1. The maximum atomic E-state index is 12.4. The van der Waals surface area contributed by atoms with E-state index in [4.69, 9.17) is 4.74 Å². The Bertz CT molecular complexity index is 817. The van der Waals surface area contributed by atoms with Crippen molar-refractivity contribution in [3.63, 3.8) is 0 Å². The minimum atomic E-state index is -2.94. The summed E-state index contributed by atoms with van der Waals surface area (Å²) in [7, 11) is 0. The monoisotopic (exact) mass is 432 g/mol. The summed E-state index contributed by atoms with van der Waals surface area (Å²) in [5.41, 5.74) is -1.61. The molecule has 3 N–H and O–H groups in total. The number of rotatable bonds is 5. The molecule has 0 spiro atoms. The third-order valence-electron chi connectivity index (χ3n) is 9.45. The van der Waals surface area contributed by atoms with Gasteiger partial charge in [-0.3, -0.25) is 0 Å². The van der Waals surface area contributed by atoms with E-state index in [2.05, 4.69) is 32.1 Å². The van der Waals surface area contributed by atoms with Gasteiger partial charge in [-0.25, -0.2) is 9.59 Å². The van der Waals surface area contributed by atoms with Crippen molar-refractivity contribution < 1.29 is 29.6 Å². The van der Waals surface area contributed by atoms with Crippen molar-refractivity contribution in [2.75, 3.05) is 6.61 Å². The molecule has 0 heterocycles. The summed E-state index contributed by atoms with van der Waals surface area (Å²) < 4.78 is 4.83. The number of hydrogen-bond acceptors (Lipinski definition) is 5. The van der Waals surface area contributed by atoms with Crippen molar-refractivity contribution in [3.8, 4) is 0 Å². The Kier molecular flexibility index (Phi) is 5.62. The lowest BCUT2D eigenvalue weighted by molar-refractivity contribution is -0.201. The Morgan fingerprint density at radius 3 is 2.65 bits per heavy atom. The summed E-state index contributed by atoms with van der Waals surface area (Å²) in [6, 6.07) is 0. The molecular formula is C25H36O6. The molecule has 31 heavy (non-hydrogen) atoms. The van der Waals surface area contributed by atoms with Crippen LogP contribution in [0.5, 0.6) is 0 Å². The Morgan fingerprint density at radius 1 is 1.23 bits per heavy atom. The van der Waals surface area contributed by atoms with Crippen LogP contribution in [0, 0.1) is 34.5 Å². The summed E-state index contributed by atoms with van der Waals surface area (Å²) in [5, 5.41) is 31.6. The molecule has 0 bridgehead atoms. The normalized spacial score (nSPS) is 41.8. The molecule has 6 heteroatoms. The average molecular weight is 433 g/mol. The first-order valence-electron chi connectivity index (χ1n) is 11.8. The van der Waals surface area contributed by atoms with E-state index in [1.54, 1.807) is 6.92 Å². The van der Waals surface area contributed by atoms with Crippen molar-refractivity contribution in [1.29, 1.82) is 0 Å². The number of esters is 1. The van der Waals surface area contributed by atoms with Gasteiger partial charge in [-0.05, 0) is 91.9 Å². The van der Waals surface area contributed by atoms with Gasteiger partial charge in [0.2, 0.25) is 0 Å². The molecule has 172 valence electrons. The van der Waals surface area contributed by atoms with Gasteiger partial charge in [0.25, 0.3) is 5.60 Å². The van der Waals surface area contributed by atoms with Crippen LogP contribution in [0.15, 0.2) is 23.8 Å². The lowest BCUT2D eigenvalue weighted by atomic mass is 9.47. The smallest absolute Gasteiger partial charge is 0.352 e. The molecule has 6 nitrogen and oxygen atoms in total. The summed E-state index contributed by atoms with van der Waals surface area (Å²) >= 11 is 0. The highest BCUT2D eigenvalue weighted by molar-refractivity contribution is 6.03. The topological polar surface area (TPSA) is 104 Å². The van der Waals surface area contributed by atoms with Crippen LogP contribution in [0.3, 0.4) is 0 Å². The first-order chi connectivity index (χ1) is 14.6. The van der Waals surface area contributed by atoms with Crippen LogP contribution in [0.1, 0.15) is 65.7 Å². The van der Waals surface area contributed by atoms with Gasteiger partial charge < -0.3 is 20.1 Å². The summed E-state index contributed by atoms with van der Waals surface area (Å²) in [6.07, 6.45) is 11.9. The number of carbonyl (C=O) groups is 2. The maximum absolute atomic E-state index is 12.4. The van der Waals surface area contributed by atoms with Crippen molar-refractivity contribution in [3.05, 3.63) is 23.8 Å². The van der Waals surface area contributed by atoms with E-state index >= 15 is 0 Å². The Labute approximate surface area is 184 Å². The number of aliphatic hydroxyl groups excluding tert-OH is 1. The summed E-state index contributed by atoms with van der Waals surface area (Å²) in [6.45, 7) is 6.02. The minimum absolute atomic E-state index is 0.0584. The molecule has 0 aliphatic heterocycles. The van der Waals surface area contributed by atoms with E-state index in [9.17, 15) is 24.9 Å². The van der Waals surface area contributed by atoms with Crippen molar-refractivity contribution >= 4 is 11.9 Å². The van der Waals surface area contributed by atoms with Crippen molar-refractivity contribution in [2.24, 2.45) is 34.5 Å². The van der Waals surface area contributed by atoms with Crippen LogP contribution in [0.25, 0.3) is 0 Å². The van der Waals surface area contributed by atoms with Gasteiger partial charge in [-0.1, -0.05) is 32.1 Å². The predicted molar refractivity (Wildman–Crippen MR) is 115 cm³/mol. The van der Waals surface area contributed by atoms with Gasteiger partial charge in [0, 0.05) is 0 Å². The first kappa shape index (κ1) is 22.5. The molecular weight excluding hydrogens is 396 g/mol. The predicted octanol–water partition coefficient (Wildman–Crippen LogP) is 3.47. The largest absolute Gasteiger partial charge is 0.479 e. The van der Waals surface area contributed by atoms with E-state index in [1.807, 2.05) is 0 Å². The number of hydrogen-bond donors (Lipinski definition) is 3. The molecule has 0 amide bonds. The third kappa shape index (κ3) is 3.12. The van der Waals surface area contributed by atoms with E-state index in [0.717, 1.165) is 38.5 Å². The third-order valence-corrected chi connectivity index (χ3v) is 9.45. The highest BCUT2D eigenvalue weighted by atomic mass is 16.6. The minimum Gasteiger partial charge on any atom is -0.479 e. The number of aliphatic hydroxyl groups is 2. The fourth-order valence-electron chi connectivity index (χ4n) is 7.73. The number of ether oxygens (including phenoxy) is 1. The van der Waals surface area contributed by atoms with Gasteiger partial charge in [0.05, 0.1) is 6.61 Å². The SMILES string of the molecule is CCOC(=O)C(O)(C(=O)O)C(O)[C@H]1CC[C@H]2[C@@H]3CC=C4C=CCC[C@]4(C)[C@H]3CC[C@]12C. The molecule has 4 rings (SSSR count). The van der Waals surface area contributed by atoms with Gasteiger partial charge in [-0.2, -0.15) is 0 Å². The van der Waals surface area contributed by atoms with Crippen LogP contribution in [-0.4, -0.2) is 45.6 Å². The summed E-state index contributed by atoms with van der Waals surface area (Å²) in [5.74, 6) is -2.08. The molecule has 4 aliphatic carbocycles. The zero-order valence-electron chi connectivity index (χ0n) is 18.8. The fraction of sp³-hybridized carbons (Fsp3) is 0.760. The highest BCUT2D eigenvalue weighted by Crippen LogP contribution is 2.66. The number of carboxylic acid groups (broad SMARTS) is 1. The molecule has 0 saturated heterocycles. The Balaban J connectivity index is 1.63. The molecule has 0 aromatic heterocycles. The van der Waals surface area contributed by atoms with Crippen LogP contribution < -0.4 is 0 Å². The first-order valence-corrected chi connectivity index (χ1v) is 11.8. The van der Waals surface area contributed by atoms with Gasteiger partial charge in [0.1, 0.15) is 6.10 Å². The van der Waals surface area contributed by atoms with E-state index < -0.39 is 29.6 Å².